The van der Waals surface area contributed by atoms with E-state index in [1.807, 2.05) is 83.7 Å². The van der Waals surface area contributed by atoms with Crippen LogP contribution < -0.4 is 4.74 Å². The Balaban J connectivity index is 1.89. The van der Waals surface area contributed by atoms with Gasteiger partial charge < -0.3 is 18.6 Å². The highest BCUT2D eigenvalue weighted by Gasteiger charge is 2.33. The third kappa shape index (κ3) is 8.82. The zero-order valence-electron chi connectivity index (χ0n) is 26.4. The molecule has 1 heterocycles. The van der Waals surface area contributed by atoms with Gasteiger partial charge in [0.25, 0.3) is 0 Å². The Labute approximate surface area is 254 Å². The van der Waals surface area contributed by atoms with Crippen molar-refractivity contribution in [2.75, 3.05) is 13.2 Å². The molecule has 0 bridgehead atoms. The smallest absolute Gasteiger partial charge is 0.349 e. The topological polar surface area (TPSA) is 91.1 Å². The summed E-state index contributed by atoms with van der Waals surface area (Å²) >= 11 is 6.34. The summed E-state index contributed by atoms with van der Waals surface area (Å²) in [5.74, 6) is 1.00. The fourth-order valence-corrected chi connectivity index (χ4v) is 4.69. The average Bonchev–Trinajstić information content (AvgIpc) is 3.22. The summed E-state index contributed by atoms with van der Waals surface area (Å²) in [6, 6.07) is 9.69. The molecule has 0 amide bonds. The van der Waals surface area contributed by atoms with Gasteiger partial charge >= 0.3 is 11.9 Å². The molecule has 0 saturated carbocycles. The Morgan fingerprint density at radius 2 is 1.60 bits per heavy atom. The molecule has 0 atom stereocenters. The maximum Gasteiger partial charge on any atom is 0.349 e. The summed E-state index contributed by atoms with van der Waals surface area (Å²) in [5.41, 5.74) is 3.44. The molecule has 0 unspecified atom stereocenters. The van der Waals surface area contributed by atoms with Crippen LogP contribution in [0.5, 0.6) is 5.75 Å². The van der Waals surface area contributed by atoms with E-state index in [0.29, 0.717) is 35.5 Å². The quantitative estimate of drug-likeness (QED) is 0.212. The standard InChI is InChI=1S/C33H43ClN2O6/c1-11-39-31(38)33(9,10)42-29-21(3)14-24(15-22(29)4)17-36(19-28(37)41-32(6,7)8)18-27-23(5)40-30(35-27)25-13-12-20(2)26(34)16-25/h12-16H,11,17-19H2,1-10H3. The normalized spacial score (nSPS) is 12.0. The van der Waals surface area contributed by atoms with Crippen LogP contribution in [0.4, 0.5) is 0 Å². The van der Waals surface area contributed by atoms with E-state index in [2.05, 4.69) is 0 Å². The zero-order valence-corrected chi connectivity index (χ0v) is 27.2. The number of esters is 2. The molecule has 3 rings (SSSR count). The van der Waals surface area contributed by atoms with Crippen molar-refractivity contribution in [3.05, 3.63) is 69.1 Å². The van der Waals surface area contributed by atoms with Crippen LogP contribution in [0.15, 0.2) is 34.7 Å². The molecule has 42 heavy (non-hydrogen) atoms. The van der Waals surface area contributed by atoms with Crippen LogP contribution in [0, 0.1) is 27.7 Å². The van der Waals surface area contributed by atoms with Gasteiger partial charge in [-0.15, -0.1) is 0 Å². The molecule has 1 aromatic heterocycles. The van der Waals surface area contributed by atoms with E-state index in [1.54, 1.807) is 20.8 Å². The first-order chi connectivity index (χ1) is 19.5. The monoisotopic (exact) mass is 598 g/mol. The number of nitrogens with zero attached hydrogens (tertiary/aromatic N) is 2. The summed E-state index contributed by atoms with van der Waals surface area (Å²) < 4.78 is 22.9. The predicted molar refractivity (Wildman–Crippen MR) is 164 cm³/mol. The van der Waals surface area contributed by atoms with Gasteiger partial charge in [0.15, 0.2) is 5.60 Å². The van der Waals surface area contributed by atoms with Crippen molar-refractivity contribution in [3.63, 3.8) is 0 Å². The van der Waals surface area contributed by atoms with Gasteiger partial charge in [0.05, 0.1) is 18.8 Å². The molecule has 0 N–H and O–H groups in total. The number of carbonyl (C=O) groups excluding carboxylic acids is 2. The molecule has 0 saturated heterocycles. The van der Waals surface area contributed by atoms with Crippen molar-refractivity contribution < 1.29 is 28.2 Å². The Morgan fingerprint density at radius 3 is 2.17 bits per heavy atom. The maximum absolute atomic E-state index is 12.9. The van der Waals surface area contributed by atoms with Crippen LogP contribution >= 0.6 is 11.6 Å². The van der Waals surface area contributed by atoms with Gasteiger partial charge in [-0.25, -0.2) is 9.78 Å². The van der Waals surface area contributed by atoms with Crippen LogP contribution in [-0.2, 0) is 32.2 Å². The van der Waals surface area contributed by atoms with Crippen LogP contribution in [-0.4, -0.2) is 46.2 Å². The fourth-order valence-electron chi connectivity index (χ4n) is 4.51. The Hall–Kier alpha value is -3.36. The SMILES string of the molecule is CCOC(=O)C(C)(C)Oc1c(C)cc(CN(CC(=O)OC(C)(C)C)Cc2nc(-c3ccc(C)c(Cl)c3)oc2C)cc1C. The predicted octanol–water partition coefficient (Wildman–Crippen LogP) is 7.29. The number of hydrogen-bond donors (Lipinski definition) is 0. The van der Waals surface area contributed by atoms with Crippen molar-refractivity contribution in [2.24, 2.45) is 0 Å². The molecular weight excluding hydrogens is 556 g/mol. The van der Waals surface area contributed by atoms with Gasteiger partial charge in [-0.3, -0.25) is 9.69 Å². The molecule has 0 aliphatic heterocycles. The van der Waals surface area contributed by atoms with Gasteiger partial charge in [-0.1, -0.05) is 29.8 Å². The van der Waals surface area contributed by atoms with E-state index < -0.39 is 17.2 Å². The minimum atomic E-state index is -1.14. The highest BCUT2D eigenvalue weighted by molar-refractivity contribution is 6.31. The summed E-state index contributed by atoms with van der Waals surface area (Å²) in [6.07, 6.45) is 0. The van der Waals surface area contributed by atoms with E-state index in [4.69, 9.17) is 35.2 Å². The number of aromatic nitrogens is 1. The van der Waals surface area contributed by atoms with E-state index in [1.165, 1.54) is 0 Å². The highest BCUT2D eigenvalue weighted by Crippen LogP contribution is 2.31. The largest absolute Gasteiger partial charge is 0.476 e. The van der Waals surface area contributed by atoms with Crippen molar-refractivity contribution >= 4 is 23.5 Å². The molecular formula is C33H43ClN2O6. The number of benzene rings is 2. The third-order valence-corrected chi connectivity index (χ3v) is 6.92. The maximum atomic E-state index is 12.9. The summed E-state index contributed by atoms with van der Waals surface area (Å²) in [4.78, 5) is 32.0. The zero-order chi connectivity index (χ0) is 31.4. The Bertz CT molecular complexity index is 1410. The summed E-state index contributed by atoms with van der Waals surface area (Å²) in [5, 5.41) is 0.639. The first-order valence-corrected chi connectivity index (χ1v) is 14.5. The van der Waals surface area contributed by atoms with Crippen LogP contribution in [0.3, 0.4) is 0 Å². The molecule has 9 heteroatoms. The lowest BCUT2D eigenvalue weighted by atomic mass is 10.0. The van der Waals surface area contributed by atoms with E-state index >= 15 is 0 Å². The molecule has 0 radical (unpaired) electrons. The van der Waals surface area contributed by atoms with Gasteiger partial charge in [0.1, 0.15) is 17.1 Å². The lowest BCUT2D eigenvalue weighted by molar-refractivity contribution is -0.159. The Morgan fingerprint density at radius 1 is 0.952 bits per heavy atom. The number of oxazole rings is 1. The molecule has 0 aliphatic rings. The molecule has 0 fully saturated rings. The third-order valence-electron chi connectivity index (χ3n) is 6.51. The number of halogens is 1. The summed E-state index contributed by atoms with van der Waals surface area (Å²) in [6.45, 7) is 19.5. The van der Waals surface area contributed by atoms with E-state index in [9.17, 15) is 9.59 Å². The molecule has 2 aromatic carbocycles. The van der Waals surface area contributed by atoms with Gasteiger partial charge in [0, 0.05) is 23.7 Å². The lowest BCUT2D eigenvalue weighted by Crippen LogP contribution is -2.40. The second-order valence-corrected chi connectivity index (χ2v) is 12.5. The minimum Gasteiger partial charge on any atom is -0.476 e. The number of aryl methyl sites for hydroxylation is 4. The first kappa shape index (κ1) is 33.1. The van der Waals surface area contributed by atoms with Gasteiger partial charge in [-0.2, -0.15) is 0 Å². The Kier molecular flexibility index (Phi) is 10.5. The molecule has 0 aliphatic carbocycles. The number of rotatable bonds is 11. The van der Waals surface area contributed by atoms with Crippen molar-refractivity contribution in [2.45, 2.75) is 93.5 Å². The molecule has 228 valence electrons. The van der Waals surface area contributed by atoms with Crippen molar-refractivity contribution in [3.8, 4) is 17.2 Å². The number of carbonyl (C=O) groups is 2. The highest BCUT2D eigenvalue weighted by atomic mass is 35.5. The number of ether oxygens (including phenoxy) is 3. The molecule has 0 spiro atoms. The molecule has 3 aromatic rings. The fraction of sp³-hybridized carbons (Fsp3) is 0.485. The van der Waals surface area contributed by atoms with Crippen molar-refractivity contribution in [1.82, 2.24) is 9.88 Å². The minimum absolute atomic E-state index is 0.0570. The number of hydrogen-bond acceptors (Lipinski definition) is 8. The lowest BCUT2D eigenvalue weighted by Gasteiger charge is -2.27. The van der Waals surface area contributed by atoms with Gasteiger partial charge in [-0.05, 0) is 104 Å². The van der Waals surface area contributed by atoms with E-state index in [-0.39, 0.29) is 19.1 Å². The van der Waals surface area contributed by atoms with Crippen LogP contribution in [0.2, 0.25) is 5.02 Å². The van der Waals surface area contributed by atoms with Crippen LogP contribution in [0.25, 0.3) is 11.5 Å². The second-order valence-electron chi connectivity index (χ2n) is 12.1. The van der Waals surface area contributed by atoms with Crippen molar-refractivity contribution in [1.29, 1.82) is 0 Å². The summed E-state index contributed by atoms with van der Waals surface area (Å²) in [7, 11) is 0. The first-order valence-electron chi connectivity index (χ1n) is 14.1. The van der Waals surface area contributed by atoms with Gasteiger partial charge in [0.2, 0.25) is 5.89 Å². The molecule has 8 nitrogen and oxygen atoms in total. The average molecular weight is 599 g/mol. The van der Waals surface area contributed by atoms with E-state index in [0.717, 1.165) is 33.5 Å². The van der Waals surface area contributed by atoms with Crippen LogP contribution in [0.1, 0.15) is 75.3 Å². The second kappa shape index (κ2) is 13.3.